The second-order valence-corrected chi connectivity index (χ2v) is 6.90. The number of hydrogen-bond acceptors (Lipinski definition) is 4. The fraction of sp³-hybridized carbons (Fsp3) is 0.136. The van der Waals surface area contributed by atoms with Crippen molar-refractivity contribution in [2.75, 3.05) is 7.11 Å². The summed E-state index contributed by atoms with van der Waals surface area (Å²) >= 11 is 0. The Bertz CT molecular complexity index is 1260. The zero-order valence-corrected chi connectivity index (χ0v) is 16.8. The van der Waals surface area contributed by atoms with Gasteiger partial charge < -0.3 is 4.74 Å². The Balaban J connectivity index is 1.93. The van der Waals surface area contributed by atoms with E-state index in [1.165, 1.54) is 42.8 Å². The fourth-order valence-corrected chi connectivity index (χ4v) is 3.37. The predicted molar refractivity (Wildman–Crippen MR) is 107 cm³/mol. The maximum Gasteiger partial charge on any atom is 0.416 e. The van der Waals surface area contributed by atoms with E-state index >= 15 is 0 Å². The average Bonchev–Trinajstić information content (AvgIpc) is 3.27. The highest BCUT2D eigenvalue weighted by atomic mass is 19.4. The van der Waals surface area contributed by atoms with Gasteiger partial charge in [0.05, 0.1) is 48.3 Å². The van der Waals surface area contributed by atoms with Gasteiger partial charge in [-0.2, -0.15) is 26.3 Å². The van der Waals surface area contributed by atoms with Gasteiger partial charge in [0.15, 0.2) is 0 Å². The van der Waals surface area contributed by atoms with Crippen LogP contribution in [0.3, 0.4) is 0 Å². The number of pyridine rings is 2. The quantitative estimate of drug-likeness (QED) is 0.346. The van der Waals surface area contributed by atoms with Crippen LogP contribution < -0.4 is 4.74 Å². The summed E-state index contributed by atoms with van der Waals surface area (Å²) in [5.41, 5.74) is -1.66. The Hall–Kier alpha value is -3.89. The van der Waals surface area contributed by atoms with E-state index in [0.717, 1.165) is 0 Å². The molecule has 0 aliphatic rings. The predicted octanol–water partition coefficient (Wildman–Crippen LogP) is 6.04. The normalized spacial score (nSPS) is 12.1. The summed E-state index contributed by atoms with van der Waals surface area (Å²) in [4.78, 5) is 12.2. The summed E-state index contributed by atoms with van der Waals surface area (Å²) in [5, 5.41) is 0. The Morgan fingerprint density at radius 3 is 2.15 bits per heavy atom. The van der Waals surface area contributed by atoms with E-state index in [9.17, 15) is 26.3 Å². The van der Waals surface area contributed by atoms with Crippen LogP contribution in [0.5, 0.6) is 5.88 Å². The molecular weight excluding hydrogens is 450 g/mol. The molecule has 4 aromatic rings. The molecule has 1 aromatic carbocycles. The van der Waals surface area contributed by atoms with Gasteiger partial charge in [0, 0.05) is 29.1 Å². The van der Waals surface area contributed by atoms with Gasteiger partial charge in [-0.05, 0) is 36.4 Å². The van der Waals surface area contributed by atoms with Gasteiger partial charge in [-0.3, -0.25) is 9.55 Å². The molecule has 0 saturated carbocycles. The van der Waals surface area contributed by atoms with E-state index in [-0.39, 0.29) is 23.2 Å². The van der Waals surface area contributed by atoms with Crippen LogP contribution in [-0.2, 0) is 12.4 Å². The van der Waals surface area contributed by atoms with E-state index in [1.54, 1.807) is 18.2 Å². The molecule has 0 N–H and O–H groups in total. The topological polar surface area (TPSA) is 52.8 Å². The van der Waals surface area contributed by atoms with E-state index in [4.69, 9.17) is 4.74 Å². The van der Waals surface area contributed by atoms with Crippen LogP contribution in [-0.4, -0.2) is 26.6 Å². The van der Waals surface area contributed by atoms with Gasteiger partial charge in [-0.1, -0.05) is 0 Å². The monoisotopic (exact) mass is 464 g/mol. The van der Waals surface area contributed by atoms with Crippen LogP contribution in [0.4, 0.5) is 26.3 Å². The van der Waals surface area contributed by atoms with Crippen LogP contribution in [0.2, 0.25) is 0 Å². The minimum atomic E-state index is -4.97. The highest BCUT2D eigenvalue weighted by molar-refractivity contribution is 5.77. The third-order valence-corrected chi connectivity index (χ3v) is 4.84. The van der Waals surface area contributed by atoms with E-state index in [1.807, 2.05) is 0 Å². The Morgan fingerprint density at radius 2 is 1.52 bits per heavy atom. The second-order valence-electron chi connectivity index (χ2n) is 6.90. The molecule has 0 bridgehead atoms. The summed E-state index contributed by atoms with van der Waals surface area (Å²) < 4.78 is 86.7. The van der Waals surface area contributed by atoms with Gasteiger partial charge >= 0.3 is 12.4 Å². The molecule has 0 unspecified atom stereocenters. The van der Waals surface area contributed by atoms with Crippen LogP contribution in [0.15, 0.2) is 67.5 Å². The zero-order valence-electron chi connectivity index (χ0n) is 16.8. The van der Waals surface area contributed by atoms with Crippen LogP contribution in [0, 0.1) is 0 Å². The van der Waals surface area contributed by atoms with Crippen molar-refractivity contribution in [3.8, 4) is 34.0 Å². The summed E-state index contributed by atoms with van der Waals surface area (Å²) in [6, 6.07) is 6.41. The van der Waals surface area contributed by atoms with E-state index in [2.05, 4.69) is 15.0 Å². The number of halogens is 6. The molecule has 0 spiro atoms. The lowest BCUT2D eigenvalue weighted by atomic mass is 10.0. The number of aromatic nitrogens is 4. The van der Waals surface area contributed by atoms with Crippen molar-refractivity contribution in [3.63, 3.8) is 0 Å². The van der Waals surface area contributed by atoms with Gasteiger partial charge in [0.2, 0.25) is 5.88 Å². The maximum absolute atomic E-state index is 13.3. The largest absolute Gasteiger partial charge is 0.481 e. The number of ether oxygens (including phenoxy) is 1. The third kappa shape index (κ3) is 4.38. The molecular formula is C22H14F6N4O. The lowest BCUT2D eigenvalue weighted by molar-refractivity contribution is -0.143. The molecule has 0 fully saturated rings. The summed E-state index contributed by atoms with van der Waals surface area (Å²) in [6.45, 7) is 0. The van der Waals surface area contributed by atoms with Crippen molar-refractivity contribution < 1.29 is 31.1 Å². The molecule has 170 valence electrons. The van der Waals surface area contributed by atoms with Gasteiger partial charge in [0.1, 0.15) is 0 Å². The first kappa shape index (κ1) is 22.3. The molecule has 0 saturated heterocycles. The molecule has 0 atom stereocenters. The summed E-state index contributed by atoms with van der Waals surface area (Å²) in [6.07, 6.45) is -3.03. The Labute approximate surface area is 183 Å². The third-order valence-electron chi connectivity index (χ3n) is 4.84. The minimum absolute atomic E-state index is 0.0173. The highest BCUT2D eigenvalue weighted by Gasteiger charge is 2.37. The molecule has 0 amide bonds. The Morgan fingerprint density at radius 1 is 0.818 bits per heavy atom. The van der Waals surface area contributed by atoms with Gasteiger partial charge in [-0.15, -0.1) is 0 Å². The smallest absolute Gasteiger partial charge is 0.416 e. The van der Waals surface area contributed by atoms with Gasteiger partial charge in [-0.25, -0.2) is 9.97 Å². The van der Waals surface area contributed by atoms with Crippen molar-refractivity contribution in [1.29, 1.82) is 0 Å². The molecule has 0 aliphatic carbocycles. The number of hydrogen-bond donors (Lipinski definition) is 0. The number of nitrogens with zero attached hydrogens (tertiary/aromatic N) is 4. The number of rotatable bonds is 4. The average molecular weight is 464 g/mol. The number of imidazole rings is 1. The standard InChI is InChI=1S/C22H14F6N4O/c1-33-20-17(3-2-5-31-20)16-4-6-29-11-19(16)32-12-30-10-18(32)13-7-14(21(23,24)25)9-15(8-13)22(26,27)28/h2-12H,1H3. The Kier molecular flexibility index (Phi) is 5.56. The van der Waals surface area contributed by atoms with E-state index < -0.39 is 23.5 Å². The first-order valence-corrected chi connectivity index (χ1v) is 9.35. The number of methoxy groups -OCH3 is 1. The molecule has 11 heteroatoms. The molecule has 3 heterocycles. The minimum Gasteiger partial charge on any atom is -0.481 e. The first-order chi connectivity index (χ1) is 15.6. The van der Waals surface area contributed by atoms with Crippen molar-refractivity contribution in [3.05, 3.63) is 78.6 Å². The molecule has 0 radical (unpaired) electrons. The molecule has 33 heavy (non-hydrogen) atoms. The maximum atomic E-state index is 13.3. The van der Waals surface area contributed by atoms with Crippen LogP contribution in [0.1, 0.15) is 11.1 Å². The van der Waals surface area contributed by atoms with Crippen LogP contribution >= 0.6 is 0 Å². The molecule has 4 rings (SSSR count). The molecule has 0 aliphatic heterocycles. The first-order valence-electron chi connectivity index (χ1n) is 9.35. The van der Waals surface area contributed by atoms with Crippen LogP contribution in [0.25, 0.3) is 28.1 Å². The van der Waals surface area contributed by atoms with Crippen molar-refractivity contribution >= 4 is 0 Å². The van der Waals surface area contributed by atoms with Crippen molar-refractivity contribution in [2.24, 2.45) is 0 Å². The van der Waals surface area contributed by atoms with E-state index in [0.29, 0.717) is 28.9 Å². The highest BCUT2D eigenvalue weighted by Crippen LogP contribution is 2.40. The summed E-state index contributed by atoms with van der Waals surface area (Å²) in [5.74, 6) is 0.282. The lowest BCUT2D eigenvalue weighted by Crippen LogP contribution is -2.11. The van der Waals surface area contributed by atoms with Crippen molar-refractivity contribution in [2.45, 2.75) is 12.4 Å². The lowest BCUT2D eigenvalue weighted by Gasteiger charge is -2.17. The SMILES string of the molecule is COc1ncccc1-c1ccncc1-n1cncc1-c1cc(C(F)(F)F)cc(C(F)(F)F)c1. The molecule has 5 nitrogen and oxygen atoms in total. The number of alkyl halides is 6. The fourth-order valence-electron chi connectivity index (χ4n) is 3.37. The summed E-state index contributed by atoms with van der Waals surface area (Å²) in [7, 11) is 1.43. The zero-order chi connectivity index (χ0) is 23.8. The van der Waals surface area contributed by atoms with Crippen molar-refractivity contribution in [1.82, 2.24) is 19.5 Å². The molecule has 3 aromatic heterocycles. The van der Waals surface area contributed by atoms with Gasteiger partial charge in [0.25, 0.3) is 0 Å². The number of benzene rings is 1. The second kappa shape index (κ2) is 8.23.